The van der Waals surface area contributed by atoms with Crippen molar-refractivity contribution >= 4 is 41.8 Å². The molecule has 0 spiro atoms. The van der Waals surface area contributed by atoms with Crippen LogP contribution in [0.15, 0.2) is 12.1 Å². The topological polar surface area (TPSA) is 107 Å². The third kappa shape index (κ3) is 6.49. The molecule has 0 atom stereocenters. The van der Waals surface area contributed by atoms with Crippen LogP contribution in [0.2, 0.25) is 0 Å². The normalized spacial score (nSPS) is 16.4. The number of aromatic amines is 1. The van der Waals surface area contributed by atoms with Gasteiger partial charge in [-0.15, -0.1) is 0 Å². The number of carbonyl (C=O) groups excluding carboxylic acids is 3. The van der Waals surface area contributed by atoms with Crippen LogP contribution in [-0.4, -0.2) is 79.4 Å². The molecule has 3 amide bonds. The highest BCUT2D eigenvalue weighted by molar-refractivity contribution is 5.99. The van der Waals surface area contributed by atoms with E-state index < -0.39 is 11.7 Å². The second-order valence-electron chi connectivity index (χ2n) is 9.81. The number of H-pyrrole nitrogens is 1. The van der Waals surface area contributed by atoms with Crippen LogP contribution >= 0.6 is 0 Å². The van der Waals surface area contributed by atoms with Crippen LogP contribution < -0.4 is 10.6 Å². The maximum Gasteiger partial charge on any atom is 0.256 e. The van der Waals surface area contributed by atoms with Crippen molar-refractivity contribution in [3.8, 4) is 0 Å². The summed E-state index contributed by atoms with van der Waals surface area (Å²) in [6.45, 7) is 6.27. The van der Waals surface area contributed by atoms with Gasteiger partial charge < -0.3 is 30.2 Å². The molecule has 0 aliphatic carbocycles. The van der Waals surface area contributed by atoms with Gasteiger partial charge in [-0.2, -0.15) is 0 Å². The van der Waals surface area contributed by atoms with Gasteiger partial charge >= 0.3 is 0 Å². The number of likely N-dealkylation sites (tertiary alicyclic amines) is 1. The molecule has 0 saturated carbocycles. The highest BCUT2D eigenvalue weighted by Crippen LogP contribution is 2.29. The number of amides is 3. The Morgan fingerprint density at radius 2 is 1.89 bits per heavy atom. The molecule has 2 aliphatic rings. The summed E-state index contributed by atoms with van der Waals surface area (Å²) >= 11 is 0. The van der Waals surface area contributed by atoms with E-state index in [0.717, 1.165) is 68.1 Å². The first-order valence-electron chi connectivity index (χ1n) is 13.1. The number of piperidine rings is 1. The monoisotopic (exact) mass is 525 g/mol. The SMILES string of the molecule is COCC(=O)Nc1cc(NC=O)c(/C=C/c2[nH]c3c(c2C)C(=O)N(CCN2CCCCC2)CCC3)cc1F. The van der Waals surface area contributed by atoms with Crippen molar-refractivity contribution in [3.63, 3.8) is 0 Å². The molecule has 2 aliphatic heterocycles. The molecule has 1 aromatic heterocycles. The first kappa shape index (κ1) is 27.5. The number of rotatable bonds is 10. The van der Waals surface area contributed by atoms with Crippen molar-refractivity contribution in [1.29, 1.82) is 0 Å². The Morgan fingerprint density at radius 1 is 1.11 bits per heavy atom. The van der Waals surface area contributed by atoms with E-state index in [1.165, 1.54) is 38.5 Å². The number of ether oxygens (including phenoxy) is 1. The van der Waals surface area contributed by atoms with Crippen molar-refractivity contribution in [2.45, 2.75) is 39.0 Å². The Labute approximate surface area is 222 Å². The van der Waals surface area contributed by atoms with Crippen molar-refractivity contribution < 1.29 is 23.5 Å². The number of anilines is 2. The molecule has 1 fully saturated rings. The van der Waals surface area contributed by atoms with Crippen molar-refractivity contribution in [3.05, 3.63) is 46.0 Å². The number of nitrogens with one attached hydrogen (secondary N) is 3. The van der Waals surface area contributed by atoms with Crippen LogP contribution in [0.1, 0.15) is 58.6 Å². The minimum Gasteiger partial charge on any atom is -0.375 e. The van der Waals surface area contributed by atoms with Crippen LogP contribution in [-0.2, 0) is 20.7 Å². The molecule has 0 radical (unpaired) electrons. The number of hydrogen-bond acceptors (Lipinski definition) is 5. The fourth-order valence-corrected chi connectivity index (χ4v) is 5.19. The van der Waals surface area contributed by atoms with E-state index in [1.807, 2.05) is 11.8 Å². The summed E-state index contributed by atoms with van der Waals surface area (Å²) in [7, 11) is 1.37. The quantitative estimate of drug-likeness (QED) is 0.411. The maximum atomic E-state index is 14.7. The zero-order valence-corrected chi connectivity index (χ0v) is 22.1. The molecule has 0 unspecified atom stereocenters. The number of benzene rings is 1. The van der Waals surface area contributed by atoms with E-state index in [1.54, 1.807) is 12.2 Å². The number of aromatic nitrogens is 1. The lowest BCUT2D eigenvalue weighted by atomic mass is 10.1. The smallest absolute Gasteiger partial charge is 0.256 e. The molecule has 10 heteroatoms. The average molecular weight is 526 g/mol. The Bertz CT molecular complexity index is 1200. The lowest BCUT2D eigenvalue weighted by Gasteiger charge is -2.29. The molecule has 3 heterocycles. The van der Waals surface area contributed by atoms with E-state index in [4.69, 9.17) is 4.74 Å². The first-order valence-corrected chi connectivity index (χ1v) is 13.1. The summed E-state index contributed by atoms with van der Waals surface area (Å²) in [5.41, 5.74) is 3.92. The van der Waals surface area contributed by atoms with E-state index >= 15 is 0 Å². The number of fused-ring (bicyclic) bond motifs is 1. The van der Waals surface area contributed by atoms with E-state index in [0.29, 0.717) is 17.7 Å². The molecular formula is C28H36FN5O4. The van der Waals surface area contributed by atoms with E-state index in [9.17, 15) is 18.8 Å². The zero-order valence-electron chi connectivity index (χ0n) is 22.1. The molecule has 1 aromatic carbocycles. The van der Waals surface area contributed by atoms with Crippen molar-refractivity contribution in [2.24, 2.45) is 0 Å². The number of hydrogen-bond donors (Lipinski definition) is 3. The standard InChI is InChI=1S/C28H36FN5O4/c1-19-22(9-8-20-15-21(29)25(16-24(20)30-18-35)32-26(36)17-38-2)31-23-7-6-12-34(28(37)27(19)23)14-13-33-10-4-3-5-11-33/h8-9,15-16,18,31H,3-7,10-14,17H2,1-2H3,(H,30,35)(H,32,36)/b9-8+. The second-order valence-corrected chi connectivity index (χ2v) is 9.81. The van der Waals surface area contributed by atoms with Crippen LogP contribution in [0, 0.1) is 12.7 Å². The maximum absolute atomic E-state index is 14.7. The predicted molar refractivity (Wildman–Crippen MR) is 146 cm³/mol. The van der Waals surface area contributed by atoms with Crippen molar-refractivity contribution in [2.75, 3.05) is 57.1 Å². The van der Waals surface area contributed by atoms with Gasteiger partial charge in [-0.1, -0.05) is 12.5 Å². The first-order chi connectivity index (χ1) is 18.4. The Morgan fingerprint density at radius 3 is 2.63 bits per heavy atom. The van der Waals surface area contributed by atoms with E-state index in [2.05, 4.69) is 20.5 Å². The van der Waals surface area contributed by atoms with Gasteiger partial charge in [0.2, 0.25) is 12.3 Å². The molecule has 9 nitrogen and oxygen atoms in total. The summed E-state index contributed by atoms with van der Waals surface area (Å²) in [5, 5.41) is 4.98. The zero-order chi connectivity index (χ0) is 27.1. The minimum atomic E-state index is -0.649. The van der Waals surface area contributed by atoms with Crippen LogP contribution in [0.25, 0.3) is 12.2 Å². The molecule has 2 aromatic rings. The lowest BCUT2D eigenvalue weighted by molar-refractivity contribution is -0.119. The summed E-state index contributed by atoms with van der Waals surface area (Å²) in [6.07, 6.45) is 9.35. The third-order valence-corrected chi connectivity index (χ3v) is 7.19. The fourth-order valence-electron chi connectivity index (χ4n) is 5.19. The molecule has 3 N–H and O–H groups in total. The van der Waals surface area contributed by atoms with Gasteiger partial charge in [0.25, 0.3) is 5.91 Å². The van der Waals surface area contributed by atoms with Crippen LogP contribution in [0.3, 0.4) is 0 Å². The summed E-state index contributed by atoms with van der Waals surface area (Å²) in [6, 6.07) is 2.60. The van der Waals surface area contributed by atoms with Gasteiger partial charge in [0.15, 0.2) is 0 Å². The van der Waals surface area contributed by atoms with Gasteiger partial charge in [-0.05, 0) is 69.5 Å². The number of halogens is 1. The molecule has 0 bridgehead atoms. The van der Waals surface area contributed by atoms with Gasteiger partial charge in [-0.25, -0.2) is 4.39 Å². The van der Waals surface area contributed by atoms with E-state index in [-0.39, 0.29) is 18.2 Å². The van der Waals surface area contributed by atoms with Gasteiger partial charge in [-0.3, -0.25) is 14.4 Å². The molecular weight excluding hydrogens is 489 g/mol. The number of carbonyl (C=O) groups is 3. The summed E-state index contributed by atoms with van der Waals surface area (Å²) < 4.78 is 19.5. The second kappa shape index (κ2) is 12.8. The minimum absolute atomic E-state index is 0.0495. The lowest BCUT2D eigenvalue weighted by Crippen LogP contribution is -2.40. The Hall–Kier alpha value is -3.50. The van der Waals surface area contributed by atoms with Crippen LogP contribution in [0.4, 0.5) is 15.8 Å². The summed E-state index contributed by atoms with van der Waals surface area (Å²) in [4.78, 5) is 44.3. The van der Waals surface area contributed by atoms with Gasteiger partial charge in [0.1, 0.15) is 12.4 Å². The van der Waals surface area contributed by atoms with Crippen LogP contribution in [0.5, 0.6) is 0 Å². The molecule has 4 rings (SSSR count). The number of nitrogens with zero attached hydrogens (tertiary/aromatic N) is 2. The number of aryl methyl sites for hydroxylation is 1. The molecule has 204 valence electrons. The summed E-state index contributed by atoms with van der Waals surface area (Å²) in [5.74, 6) is -1.11. The highest BCUT2D eigenvalue weighted by Gasteiger charge is 2.27. The van der Waals surface area contributed by atoms with Gasteiger partial charge in [0, 0.05) is 43.7 Å². The third-order valence-electron chi connectivity index (χ3n) is 7.19. The largest absolute Gasteiger partial charge is 0.375 e. The predicted octanol–water partition coefficient (Wildman–Crippen LogP) is 3.66. The molecule has 38 heavy (non-hydrogen) atoms. The highest BCUT2D eigenvalue weighted by atomic mass is 19.1. The molecule has 1 saturated heterocycles. The Balaban J connectivity index is 1.53. The number of methoxy groups -OCH3 is 1. The van der Waals surface area contributed by atoms with Gasteiger partial charge in [0.05, 0.1) is 16.9 Å². The average Bonchev–Trinajstić information content (AvgIpc) is 3.12. The fraction of sp³-hybridized carbons (Fsp3) is 0.464. The van der Waals surface area contributed by atoms with Crippen molar-refractivity contribution in [1.82, 2.24) is 14.8 Å². The Kier molecular flexibility index (Phi) is 9.30.